The summed E-state index contributed by atoms with van der Waals surface area (Å²) in [5.41, 5.74) is 1.39. The molecule has 0 aliphatic carbocycles. The molecular weight excluding hydrogens is 194 g/mol. The Morgan fingerprint density at radius 1 is 1.27 bits per heavy atom. The molecule has 0 atom stereocenters. The summed E-state index contributed by atoms with van der Waals surface area (Å²) in [6.45, 7) is 7.80. The first-order chi connectivity index (χ1) is 6.95. The first-order valence-corrected chi connectivity index (χ1v) is 5.36. The van der Waals surface area contributed by atoms with Crippen molar-refractivity contribution in [2.45, 2.75) is 45.6 Å². The highest BCUT2D eigenvalue weighted by atomic mass is 16.6. The average Bonchev–Trinajstić information content (AvgIpc) is 2.19. The summed E-state index contributed by atoms with van der Waals surface area (Å²) in [5.74, 6) is 4.75. The fraction of sp³-hybridized carbons (Fsp3) is 0.900. The third-order valence-corrected chi connectivity index (χ3v) is 1.72. The van der Waals surface area contributed by atoms with Gasteiger partial charge in [0.2, 0.25) is 0 Å². The number of hydrazine groups is 1. The van der Waals surface area contributed by atoms with Crippen LogP contribution in [0.15, 0.2) is 0 Å². The van der Waals surface area contributed by atoms with Crippen LogP contribution in [-0.2, 0) is 4.74 Å². The zero-order valence-corrected chi connectivity index (χ0v) is 9.93. The lowest BCUT2D eigenvalue weighted by Gasteiger charge is -2.18. The number of carbonyl (C=O) groups excluding carboxylic acids is 1. The first kappa shape index (κ1) is 14.2. The predicted molar refractivity (Wildman–Crippen MR) is 60.3 cm³/mol. The Hall–Kier alpha value is -0.810. The molecule has 0 unspecified atom stereocenters. The molecule has 4 N–H and O–H groups in total. The lowest BCUT2D eigenvalue weighted by molar-refractivity contribution is 0.0527. The van der Waals surface area contributed by atoms with E-state index in [0.717, 1.165) is 0 Å². The number of carbonyl (C=O) groups is 1. The van der Waals surface area contributed by atoms with Gasteiger partial charge in [-0.2, -0.15) is 0 Å². The summed E-state index contributed by atoms with van der Waals surface area (Å²) < 4.78 is 4.71. The maximum absolute atomic E-state index is 10.4. The van der Waals surface area contributed by atoms with Crippen LogP contribution >= 0.6 is 0 Å². The van der Waals surface area contributed by atoms with Gasteiger partial charge in [-0.05, 0) is 46.7 Å². The molecule has 90 valence electrons. The highest BCUT2D eigenvalue weighted by Gasteiger charge is 2.14. The quantitative estimate of drug-likeness (QED) is 0.323. The van der Waals surface area contributed by atoms with E-state index in [0.29, 0.717) is 0 Å². The molecule has 1 rings (SSSR count). The Kier molecular flexibility index (Phi) is 7.07. The van der Waals surface area contributed by atoms with Gasteiger partial charge in [0.25, 0.3) is 0 Å². The number of piperidine rings is 1. The second-order valence-electron chi connectivity index (χ2n) is 4.46. The fourth-order valence-corrected chi connectivity index (χ4v) is 1.11. The minimum Gasteiger partial charge on any atom is -0.443 e. The Morgan fingerprint density at radius 2 is 1.80 bits per heavy atom. The molecule has 0 radical (unpaired) electrons. The Bertz CT molecular complexity index is 162. The van der Waals surface area contributed by atoms with Crippen molar-refractivity contribution in [3.63, 3.8) is 0 Å². The normalized spacial score (nSPS) is 16.0. The summed E-state index contributed by atoms with van der Waals surface area (Å²) >= 11 is 0. The van der Waals surface area contributed by atoms with E-state index in [1.165, 1.54) is 32.4 Å². The first-order valence-electron chi connectivity index (χ1n) is 5.36. The van der Waals surface area contributed by atoms with Crippen molar-refractivity contribution in [1.29, 1.82) is 0 Å². The Labute approximate surface area is 91.7 Å². The van der Waals surface area contributed by atoms with Crippen LogP contribution in [0.25, 0.3) is 0 Å². The van der Waals surface area contributed by atoms with Crippen LogP contribution < -0.4 is 16.6 Å². The third kappa shape index (κ3) is 11.1. The van der Waals surface area contributed by atoms with Crippen molar-refractivity contribution < 1.29 is 9.53 Å². The Morgan fingerprint density at radius 3 is 1.93 bits per heavy atom. The molecule has 5 heteroatoms. The van der Waals surface area contributed by atoms with Crippen LogP contribution in [0.4, 0.5) is 4.79 Å². The van der Waals surface area contributed by atoms with E-state index in [4.69, 9.17) is 10.6 Å². The molecule has 1 amide bonds. The van der Waals surface area contributed by atoms with Crippen molar-refractivity contribution in [3.05, 3.63) is 0 Å². The molecule has 1 aliphatic heterocycles. The molecule has 0 aromatic carbocycles. The van der Waals surface area contributed by atoms with Crippen molar-refractivity contribution >= 4 is 6.09 Å². The molecule has 0 saturated carbocycles. The van der Waals surface area contributed by atoms with Gasteiger partial charge in [-0.3, -0.25) is 5.43 Å². The van der Waals surface area contributed by atoms with Gasteiger partial charge in [-0.25, -0.2) is 10.6 Å². The average molecular weight is 217 g/mol. The van der Waals surface area contributed by atoms with Gasteiger partial charge < -0.3 is 10.1 Å². The predicted octanol–water partition coefficient (Wildman–Crippen LogP) is 1.14. The van der Waals surface area contributed by atoms with Gasteiger partial charge in [-0.1, -0.05) is 6.42 Å². The lowest BCUT2D eigenvalue weighted by Crippen LogP contribution is -2.36. The summed E-state index contributed by atoms with van der Waals surface area (Å²) in [6, 6.07) is 0. The lowest BCUT2D eigenvalue weighted by atomic mass is 10.2. The number of hydrogen-bond donors (Lipinski definition) is 3. The van der Waals surface area contributed by atoms with Gasteiger partial charge in [0, 0.05) is 0 Å². The van der Waals surface area contributed by atoms with E-state index in [9.17, 15) is 4.79 Å². The monoisotopic (exact) mass is 217 g/mol. The zero-order valence-electron chi connectivity index (χ0n) is 9.93. The van der Waals surface area contributed by atoms with Gasteiger partial charge in [0.1, 0.15) is 5.60 Å². The summed E-state index contributed by atoms with van der Waals surface area (Å²) in [5, 5.41) is 3.28. The maximum atomic E-state index is 10.4. The third-order valence-electron chi connectivity index (χ3n) is 1.72. The SMILES string of the molecule is C1CCNCC1.CC(C)(C)OC(=O)NN. The van der Waals surface area contributed by atoms with E-state index in [-0.39, 0.29) is 0 Å². The highest BCUT2D eigenvalue weighted by molar-refractivity contribution is 5.66. The van der Waals surface area contributed by atoms with E-state index >= 15 is 0 Å². The molecule has 1 aliphatic rings. The second-order valence-corrected chi connectivity index (χ2v) is 4.46. The van der Waals surface area contributed by atoms with E-state index in [1.807, 2.05) is 5.43 Å². The molecule has 0 spiro atoms. The summed E-state index contributed by atoms with van der Waals surface area (Å²) in [6.07, 6.45) is 3.61. The molecule has 0 aromatic rings. The molecule has 15 heavy (non-hydrogen) atoms. The molecule has 1 fully saturated rings. The molecule has 1 saturated heterocycles. The smallest absolute Gasteiger partial charge is 0.421 e. The van der Waals surface area contributed by atoms with E-state index in [1.54, 1.807) is 20.8 Å². The standard InChI is InChI=1S/C5H12N2O2.C5H11N/c1-5(2,3)9-4(8)7-6;1-2-4-6-5-3-1/h6H2,1-3H3,(H,7,8);6H,1-5H2. The number of hydrogen-bond acceptors (Lipinski definition) is 4. The molecule has 0 aromatic heterocycles. The van der Waals surface area contributed by atoms with Gasteiger partial charge in [0.15, 0.2) is 0 Å². The number of amides is 1. The maximum Gasteiger partial charge on any atom is 0.421 e. The van der Waals surface area contributed by atoms with E-state index < -0.39 is 11.7 Å². The molecule has 0 bridgehead atoms. The van der Waals surface area contributed by atoms with Crippen molar-refractivity contribution in [1.82, 2.24) is 10.7 Å². The highest BCUT2D eigenvalue weighted by Crippen LogP contribution is 2.05. The van der Waals surface area contributed by atoms with Crippen molar-refractivity contribution in [3.8, 4) is 0 Å². The van der Waals surface area contributed by atoms with Crippen molar-refractivity contribution in [2.24, 2.45) is 5.84 Å². The van der Waals surface area contributed by atoms with Crippen LogP contribution in [0.1, 0.15) is 40.0 Å². The second kappa shape index (κ2) is 7.48. The van der Waals surface area contributed by atoms with Crippen LogP contribution in [-0.4, -0.2) is 24.8 Å². The number of nitrogens with one attached hydrogen (secondary N) is 2. The van der Waals surface area contributed by atoms with Crippen molar-refractivity contribution in [2.75, 3.05) is 13.1 Å². The van der Waals surface area contributed by atoms with Crippen LogP contribution in [0.2, 0.25) is 0 Å². The van der Waals surface area contributed by atoms with Crippen LogP contribution in [0.3, 0.4) is 0 Å². The number of nitrogens with two attached hydrogens (primary N) is 1. The summed E-state index contributed by atoms with van der Waals surface area (Å²) in [4.78, 5) is 10.4. The van der Waals surface area contributed by atoms with E-state index in [2.05, 4.69) is 5.32 Å². The topological polar surface area (TPSA) is 76.4 Å². The zero-order chi connectivity index (χ0) is 11.7. The Balaban J connectivity index is 0.000000280. The molecule has 5 nitrogen and oxygen atoms in total. The van der Waals surface area contributed by atoms with Crippen LogP contribution in [0, 0.1) is 0 Å². The number of ether oxygens (including phenoxy) is 1. The van der Waals surface area contributed by atoms with Gasteiger partial charge in [-0.15, -0.1) is 0 Å². The van der Waals surface area contributed by atoms with Gasteiger partial charge >= 0.3 is 6.09 Å². The fourth-order valence-electron chi connectivity index (χ4n) is 1.11. The number of rotatable bonds is 0. The van der Waals surface area contributed by atoms with Gasteiger partial charge in [0.05, 0.1) is 0 Å². The largest absolute Gasteiger partial charge is 0.443 e. The minimum atomic E-state index is -0.609. The minimum absolute atomic E-state index is 0.469. The van der Waals surface area contributed by atoms with Crippen LogP contribution in [0.5, 0.6) is 0 Å². The molecular formula is C10H23N3O2. The molecule has 1 heterocycles. The summed E-state index contributed by atoms with van der Waals surface area (Å²) in [7, 11) is 0.